The Morgan fingerprint density at radius 3 is 2.27 bits per heavy atom. The summed E-state index contributed by atoms with van der Waals surface area (Å²) in [5.74, 6) is -2.96. The number of hydrogen-bond acceptors (Lipinski definition) is 4. The van der Waals surface area contributed by atoms with Crippen molar-refractivity contribution >= 4 is 27.7 Å². The van der Waals surface area contributed by atoms with E-state index in [4.69, 9.17) is 0 Å². The van der Waals surface area contributed by atoms with Crippen LogP contribution >= 0.6 is 0 Å². The summed E-state index contributed by atoms with van der Waals surface area (Å²) < 4.78 is 90.9. The molecule has 2 rings (SSSR count). The van der Waals surface area contributed by atoms with Crippen molar-refractivity contribution < 1.29 is 35.2 Å². The second-order valence-electron chi connectivity index (χ2n) is 7.69. The fourth-order valence-corrected chi connectivity index (χ4v) is 3.36. The summed E-state index contributed by atoms with van der Waals surface area (Å²) >= 11 is 0. The highest BCUT2D eigenvalue weighted by atomic mass is 32.2. The van der Waals surface area contributed by atoms with Crippen molar-refractivity contribution in [2.45, 2.75) is 33.0 Å². The SMILES string of the molecule is CC(C)Cc1nc(C(F)(F)F)ccc1/C=C\C(=O)NCc1cc(F)c(NS(C)(=O)=O)c(F)c1. The highest BCUT2D eigenvalue weighted by molar-refractivity contribution is 7.92. The number of benzene rings is 1. The van der Waals surface area contributed by atoms with Crippen LogP contribution in [0.5, 0.6) is 0 Å². The molecule has 2 aromatic rings. The molecule has 1 aromatic heterocycles. The molecule has 0 saturated carbocycles. The zero-order chi connectivity index (χ0) is 25.0. The maximum Gasteiger partial charge on any atom is 0.433 e. The molecule has 6 nitrogen and oxygen atoms in total. The second kappa shape index (κ2) is 10.3. The van der Waals surface area contributed by atoms with E-state index in [2.05, 4.69) is 10.3 Å². The number of carbonyl (C=O) groups excluding carboxylic acids is 1. The summed E-state index contributed by atoms with van der Waals surface area (Å²) in [6.45, 7) is 3.36. The van der Waals surface area contributed by atoms with Gasteiger partial charge in [0.1, 0.15) is 11.4 Å². The maximum atomic E-state index is 14.0. The number of carbonyl (C=O) groups is 1. The number of nitrogens with one attached hydrogen (secondary N) is 2. The Kier molecular flexibility index (Phi) is 8.17. The third-order valence-electron chi connectivity index (χ3n) is 4.17. The minimum absolute atomic E-state index is 0.0203. The average Bonchev–Trinajstić information content (AvgIpc) is 2.66. The van der Waals surface area contributed by atoms with E-state index in [0.717, 1.165) is 30.5 Å². The monoisotopic (exact) mass is 491 g/mol. The average molecular weight is 491 g/mol. The first-order valence-corrected chi connectivity index (χ1v) is 11.5. The molecule has 180 valence electrons. The van der Waals surface area contributed by atoms with E-state index < -0.39 is 45.1 Å². The van der Waals surface area contributed by atoms with Gasteiger partial charge in [-0.15, -0.1) is 0 Å². The smallest absolute Gasteiger partial charge is 0.348 e. The van der Waals surface area contributed by atoms with E-state index in [9.17, 15) is 35.2 Å². The first-order valence-electron chi connectivity index (χ1n) is 9.64. The van der Waals surface area contributed by atoms with Crippen LogP contribution in [0.25, 0.3) is 6.08 Å². The largest absolute Gasteiger partial charge is 0.433 e. The number of sulfonamides is 1. The van der Waals surface area contributed by atoms with Crippen LogP contribution in [0.1, 0.15) is 36.4 Å². The van der Waals surface area contributed by atoms with Gasteiger partial charge in [0.05, 0.1) is 6.26 Å². The van der Waals surface area contributed by atoms with Gasteiger partial charge in [0.15, 0.2) is 11.6 Å². The summed E-state index contributed by atoms with van der Waals surface area (Å²) in [6, 6.07) is 3.76. The van der Waals surface area contributed by atoms with Crippen molar-refractivity contribution in [3.8, 4) is 0 Å². The van der Waals surface area contributed by atoms with Gasteiger partial charge in [-0.05, 0) is 47.7 Å². The predicted octanol–water partition coefficient (Wildman–Crippen LogP) is 4.28. The lowest BCUT2D eigenvalue weighted by Gasteiger charge is -2.12. The van der Waals surface area contributed by atoms with Crippen LogP contribution in [0.2, 0.25) is 0 Å². The van der Waals surface area contributed by atoms with E-state index in [1.54, 1.807) is 4.72 Å². The van der Waals surface area contributed by atoms with Crippen LogP contribution in [0.4, 0.5) is 27.6 Å². The summed E-state index contributed by atoms with van der Waals surface area (Å²) in [5, 5.41) is 2.39. The lowest BCUT2D eigenvalue weighted by molar-refractivity contribution is -0.141. The van der Waals surface area contributed by atoms with E-state index in [1.165, 1.54) is 12.1 Å². The van der Waals surface area contributed by atoms with Crippen molar-refractivity contribution in [3.63, 3.8) is 0 Å². The number of halogens is 5. The van der Waals surface area contributed by atoms with Crippen molar-refractivity contribution in [2.24, 2.45) is 5.92 Å². The topological polar surface area (TPSA) is 88.2 Å². The zero-order valence-corrected chi connectivity index (χ0v) is 18.7. The Bertz CT molecular complexity index is 1140. The molecule has 0 aliphatic carbocycles. The van der Waals surface area contributed by atoms with Crippen LogP contribution in [-0.2, 0) is 34.0 Å². The molecule has 0 fully saturated rings. The fourth-order valence-electron chi connectivity index (χ4n) is 2.80. The summed E-state index contributed by atoms with van der Waals surface area (Å²) in [4.78, 5) is 15.8. The van der Waals surface area contributed by atoms with Gasteiger partial charge in [-0.3, -0.25) is 9.52 Å². The first-order chi connectivity index (χ1) is 15.2. The molecule has 0 spiro atoms. The Hall–Kier alpha value is -3.02. The Morgan fingerprint density at radius 1 is 1.15 bits per heavy atom. The van der Waals surface area contributed by atoms with Gasteiger partial charge in [0, 0.05) is 18.3 Å². The van der Waals surface area contributed by atoms with Gasteiger partial charge in [0.2, 0.25) is 15.9 Å². The second-order valence-corrected chi connectivity index (χ2v) is 9.44. The molecule has 1 amide bonds. The summed E-state index contributed by atoms with van der Waals surface area (Å²) in [5.41, 5.74) is -1.32. The molecule has 33 heavy (non-hydrogen) atoms. The van der Waals surface area contributed by atoms with Gasteiger partial charge in [-0.1, -0.05) is 19.9 Å². The number of nitrogens with zero attached hydrogens (tertiary/aromatic N) is 1. The van der Waals surface area contributed by atoms with Crippen molar-refractivity contribution in [1.29, 1.82) is 0 Å². The molecule has 0 aliphatic heterocycles. The highest BCUT2D eigenvalue weighted by Crippen LogP contribution is 2.29. The van der Waals surface area contributed by atoms with E-state index in [0.29, 0.717) is 5.56 Å². The lowest BCUT2D eigenvalue weighted by atomic mass is 10.0. The van der Waals surface area contributed by atoms with E-state index >= 15 is 0 Å². The van der Waals surface area contributed by atoms with Crippen LogP contribution in [0, 0.1) is 17.6 Å². The zero-order valence-electron chi connectivity index (χ0n) is 17.9. The molecule has 12 heteroatoms. The fraction of sp³-hybridized carbons (Fsp3) is 0.333. The first kappa shape index (κ1) is 26.2. The molecule has 0 aliphatic rings. The van der Waals surface area contributed by atoms with E-state index in [1.807, 2.05) is 13.8 Å². The van der Waals surface area contributed by atoms with Gasteiger partial charge < -0.3 is 5.32 Å². The molecule has 1 heterocycles. The van der Waals surface area contributed by atoms with Crippen molar-refractivity contribution in [1.82, 2.24) is 10.3 Å². The van der Waals surface area contributed by atoms with Crippen LogP contribution in [-0.4, -0.2) is 25.6 Å². The minimum atomic E-state index is -4.59. The van der Waals surface area contributed by atoms with Gasteiger partial charge in [0.25, 0.3) is 0 Å². The molecule has 1 aromatic carbocycles. The molecule has 0 radical (unpaired) electrons. The Labute approximate surface area is 188 Å². The molecule has 0 atom stereocenters. The third kappa shape index (κ3) is 8.12. The normalized spacial score (nSPS) is 12.4. The summed E-state index contributed by atoms with van der Waals surface area (Å²) in [7, 11) is -3.89. The Morgan fingerprint density at radius 2 is 1.76 bits per heavy atom. The van der Waals surface area contributed by atoms with Gasteiger partial charge in [-0.2, -0.15) is 13.2 Å². The van der Waals surface area contributed by atoms with Crippen LogP contribution < -0.4 is 10.0 Å². The van der Waals surface area contributed by atoms with Gasteiger partial charge >= 0.3 is 6.18 Å². The molecule has 0 saturated heterocycles. The van der Waals surface area contributed by atoms with Crippen molar-refractivity contribution in [2.75, 3.05) is 11.0 Å². The molecule has 0 unspecified atom stereocenters. The van der Waals surface area contributed by atoms with Crippen LogP contribution in [0.3, 0.4) is 0 Å². The maximum absolute atomic E-state index is 14.0. The molecular weight excluding hydrogens is 469 g/mol. The lowest BCUT2D eigenvalue weighted by Crippen LogP contribution is -2.21. The standard InChI is InChI=1S/C21H22F5N3O3S/c1-12(2)8-17-14(4-6-18(28-17)21(24,25)26)5-7-19(30)27-11-13-9-15(22)20(16(23)10-13)29-33(3,31)32/h4-7,9-10,12,29H,8,11H2,1-3H3,(H,27,30)/b7-5-. The number of anilines is 1. The Balaban J connectivity index is 2.13. The van der Waals surface area contributed by atoms with Crippen LogP contribution in [0.15, 0.2) is 30.3 Å². The molecular formula is C21H22F5N3O3S. The number of aromatic nitrogens is 1. The molecule has 0 bridgehead atoms. The van der Waals surface area contributed by atoms with Gasteiger partial charge in [-0.25, -0.2) is 22.2 Å². The van der Waals surface area contributed by atoms with Crippen molar-refractivity contribution in [3.05, 3.63) is 64.5 Å². The molecule has 2 N–H and O–H groups in total. The third-order valence-corrected chi connectivity index (χ3v) is 4.75. The van der Waals surface area contributed by atoms with E-state index in [-0.39, 0.29) is 30.1 Å². The number of amides is 1. The quantitative estimate of drug-likeness (QED) is 0.426. The highest BCUT2D eigenvalue weighted by Gasteiger charge is 2.32. The number of alkyl halides is 3. The predicted molar refractivity (Wildman–Crippen MR) is 113 cm³/mol. The number of pyridine rings is 1. The number of rotatable bonds is 8. The minimum Gasteiger partial charge on any atom is -0.348 e. The number of hydrogen-bond donors (Lipinski definition) is 2. The summed E-state index contributed by atoms with van der Waals surface area (Å²) in [6.07, 6.45) is -1.22.